The van der Waals surface area contributed by atoms with Crippen molar-refractivity contribution in [1.82, 2.24) is 0 Å². The Morgan fingerprint density at radius 1 is 1.00 bits per heavy atom. The van der Waals surface area contributed by atoms with Gasteiger partial charge in [0.25, 0.3) is 10.0 Å². The summed E-state index contributed by atoms with van der Waals surface area (Å²) in [5.41, 5.74) is 1.55. The second-order valence-corrected chi connectivity index (χ2v) is 11.5. The zero-order valence-electron chi connectivity index (χ0n) is 17.0. The van der Waals surface area contributed by atoms with Crippen molar-refractivity contribution in [2.75, 3.05) is 14.8 Å². The highest BCUT2D eigenvalue weighted by molar-refractivity contribution is 7.94. The molecule has 1 N–H and O–H groups in total. The lowest BCUT2D eigenvalue weighted by atomic mass is 9.95. The minimum atomic E-state index is -3.90. The first-order valence-electron chi connectivity index (χ1n) is 9.03. The molecule has 0 radical (unpaired) electrons. The molecule has 9 heteroatoms. The van der Waals surface area contributed by atoms with Gasteiger partial charge in [-0.2, -0.15) is 0 Å². The number of nitrogens with one attached hydrogen (secondary N) is 1. The molecule has 1 amide bonds. The van der Waals surface area contributed by atoms with E-state index >= 15 is 0 Å². The second kappa shape index (κ2) is 6.84. The highest BCUT2D eigenvalue weighted by Gasteiger charge is 2.50. The molecule has 3 rings (SSSR count). The van der Waals surface area contributed by atoms with Gasteiger partial charge in [0.1, 0.15) is 0 Å². The van der Waals surface area contributed by atoms with Gasteiger partial charge in [0, 0.05) is 0 Å². The van der Waals surface area contributed by atoms with Crippen molar-refractivity contribution in [2.24, 2.45) is 5.41 Å². The third-order valence-electron chi connectivity index (χ3n) is 4.98. The van der Waals surface area contributed by atoms with Crippen LogP contribution in [0.5, 0.6) is 0 Å². The molecule has 1 saturated heterocycles. The highest BCUT2D eigenvalue weighted by atomic mass is 32.2. The molecule has 1 fully saturated rings. The average molecular weight is 437 g/mol. The largest absolute Gasteiger partial charge is 0.279 e. The van der Waals surface area contributed by atoms with Crippen LogP contribution in [0.4, 0.5) is 11.4 Å². The number of benzene rings is 2. The van der Waals surface area contributed by atoms with Crippen LogP contribution in [0.3, 0.4) is 0 Å². The molecule has 0 bridgehead atoms. The van der Waals surface area contributed by atoms with Gasteiger partial charge in [-0.15, -0.1) is 0 Å². The van der Waals surface area contributed by atoms with Crippen LogP contribution in [0.25, 0.3) is 0 Å². The lowest BCUT2D eigenvalue weighted by Crippen LogP contribution is -2.33. The van der Waals surface area contributed by atoms with Gasteiger partial charge in [-0.05, 0) is 69.5 Å². The van der Waals surface area contributed by atoms with Crippen LogP contribution in [0.1, 0.15) is 30.5 Å². The fourth-order valence-electron chi connectivity index (χ4n) is 3.49. The Morgan fingerprint density at radius 2 is 1.59 bits per heavy atom. The van der Waals surface area contributed by atoms with Crippen LogP contribution in [0, 0.1) is 26.2 Å². The maximum atomic E-state index is 12.9. The average Bonchev–Trinajstić information content (AvgIpc) is 2.73. The number of anilines is 2. The summed E-state index contributed by atoms with van der Waals surface area (Å²) in [6.07, 6.45) is 0. The molecule has 1 heterocycles. The number of para-hydroxylation sites is 1. The van der Waals surface area contributed by atoms with E-state index in [-0.39, 0.29) is 16.3 Å². The summed E-state index contributed by atoms with van der Waals surface area (Å²) in [5, 5.41) is 0. The Morgan fingerprint density at radius 3 is 2.07 bits per heavy atom. The molecule has 2 aromatic carbocycles. The first-order chi connectivity index (χ1) is 13.3. The summed E-state index contributed by atoms with van der Waals surface area (Å²) >= 11 is 0. The molecule has 2 aromatic rings. The van der Waals surface area contributed by atoms with Gasteiger partial charge >= 0.3 is 0 Å². The van der Waals surface area contributed by atoms with Crippen molar-refractivity contribution in [2.45, 2.75) is 39.5 Å². The Bertz CT molecular complexity index is 1200. The smallest absolute Gasteiger partial charge is 0.262 e. The summed E-state index contributed by atoms with van der Waals surface area (Å²) in [6, 6.07) is 9.56. The molecule has 156 valence electrons. The van der Waals surface area contributed by atoms with E-state index in [0.29, 0.717) is 11.3 Å². The Hall–Kier alpha value is -2.39. The van der Waals surface area contributed by atoms with Crippen LogP contribution < -0.4 is 9.03 Å². The molecule has 0 spiro atoms. The molecule has 0 atom stereocenters. The second-order valence-electron chi connectivity index (χ2n) is 8.03. The Labute approximate surface area is 171 Å². The number of nitrogens with zero attached hydrogens (tertiary/aromatic N) is 1. The van der Waals surface area contributed by atoms with Gasteiger partial charge in [0.05, 0.1) is 27.4 Å². The number of carbonyl (C=O) groups excluding carboxylic acids is 1. The van der Waals surface area contributed by atoms with E-state index in [1.54, 1.807) is 20.8 Å². The zero-order valence-corrected chi connectivity index (χ0v) is 18.6. The molecule has 0 saturated carbocycles. The minimum Gasteiger partial charge on any atom is -0.279 e. The number of hydrogen-bond acceptors (Lipinski definition) is 5. The Balaban J connectivity index is 2.01. The summed E-state index contributed by atoms with van der Waals surface area (Å²) in [6.45, 7) is 8.35. The predicted octanol–water partition coefficient (Wildman–Crippen LogP) is 3.12. The molecule has 1 aliphatic heterocycles. The van der Waals surface area contributed by atoms with Crippen molar-refractivity contribution >= 4 is 37.3 Å². The van der Waals surface area contributed by atoms with Crippen molar-refractivity contribution in [1.29, 1.82) is 0 Å². The van der Waals surface area contributed by atoms with E-state index < -0.39 is 31.4 Å². The zero-order chi connectivity index (χ0) is 21.8. The van der Waals surface area contributed by atoms with E-state index in [0.717, 1.165) is 15.4 Å². The first-order valence-corrected chi connectivity index (χ1v) is 12.1. The fraction of sp³-hybridized carbons (Fsp3) is 0.350. The van der Waals surface area contributed by atoms with Crippen LogP contribution in [0.2, 0.25) is 0 Å². The number of amides is 1. The van der Waals surface area contributed by atoms with Crippen LogP contribution >= 0.6 is 0 Å². The fourth-order valence-corrected chi connectivity index (χ4v) is 7.02. The van der Waals surface area contributed by atoms with E-state index in [4.69, 9.17) is 0 Å². The number of hydrogen-bond donors (Lipinski definition) is 1. The van der Waals surface area contributed by atoms with Gasteiger partial charge in [0.2, 0.25) is 15.9 Å². The summed E-state index contributed by atoms with van der Waals surface area (Å²) in [7, 11) is -7.70. The third-order valence-corrected chi connectivity index (χ3v) is 8.51. The maximum Gasteiger partial charge on any atom is 0.262 e. The molecular weight excluding hydrogens is 412 g/mol. The van der Waals surface area contributed by atoms with E-state index in [9.17, 15) is 21.6 Å². The van der Waals surface area contributed by atoms with Crippen LogP contribution in [0.15, 0.2) is 41.3 Å². The lowest BCUT2D eigenvalue weighted by molar-refractivity contribution is -0.123. The Kier molecular flexibility index (Phi) is 5.03. The molecular formula is C20H24N2O5S2. The van der Waals surface area contributed by atoms with Crippen LogP contribution in [-0.4, -0.2) is 28.5 Å². The quantitative estimate of drug-likeness (QED) is 0.794. The molecule has 7 nitrogen and oxygen atoms in total. The van der Waals surface area contributed by atoms with E-state index in [2.05, 4.69) is 4.72 Å². The van der Waals surface area contributed by atoms with Crippen molar-refractivity contribution in [3.63, 3.8) is 0 Å². The lowest BCUT2D eigenvalue weighted by Gasteiger charge is -2.19. The topological polar surface area (TPSA) is 101 Å². The van der Waals surface area contributed by atoms with Gasteiger partial charge < -0.3 is 0 Å². The SMILES string of the molecule is Cc1cc(N2C(=O)C(C)(C)CS2(=O)=O)ccc1S(=O)(=O)Nc1c(C)cccc1C. The van der Waals surface area contributed by atoms with E-state index in [1.807, 2.05) is 32.0 Å². The van der Waals surface area contributed by atoms with Crippen molar-refractivity contribution < 1.29 is 21.6 Å². The summed E-state index contributed by atoms with van der Waals surface area (Å²) < 4.78 is 54.2. The summed E-state index contributed by atoms with van der Waals surface area (Å²) in [4.78, 5) is 12.6. The number of sulfonamides is 2. The number of rotatable bonds is 4. The minimum absolute atomic E-state index is 0.0206. The van der Waals surface area contributed by atoms with Gasteiger partial charge in [-0.3, -0.25) is 9.52 Å². The summed E-state index contributed by atoms with van der Waals surface area (Å²) in [5.74, 6) is -0.812. The third kappa shape index (κ3) is 3.76. The van der Waals surface area contributed by atoms with Gasteiger partial charge in [-0.1, -0.05) is 18.2 Å². The standard InChI is InChI=1S/C20H24N2O5S2/c1-13-7-6-8-14(2)18(13)21-29(26,27)17-10-9-16(11-15(17)3)22-19(23)20(4,5)12-28(22,24)25/h6-11,21H,12H2,1-5H3. The van der Waals surface area contributed by atoms with Gasteiger partial charge in [0.15, 0.2) is 0 Å². The molecule has 0 unspecified atom stereocenters. The number of aryl methyl sites for hydroxylation is 3. The monoisotopic (exact) mass is 436 g/mol. The van der Waals surface area contributed by atoms with Crippen molar-refractivity contribution in [3.8, 4) is 0 Å². The first kappa shape index (κ1) is 21.3. The van der Waals surface area contributed by atoms with E-state index in [1.165, 1.54) is 18.2 Å². The molecule has 0 aromatic heterocycles. The van der Waals surface area contributed by atoms with Gasteiger partial charge in [-0.25, -0.2) is 21.1 Å². The normalized spacial score (nSPS) is 18.1. The highest BCUT2D eigenvalue weighted by Crippen LogP contribution is 2.37. The maximum absolute atomic E-state index is 12.9. The number of carbonyl (C=O) groups is 1. The molecule has 29 heavy (non-hydrogen) atoms. The molecule has 1 aliphatic rings. The predicted molar refractivity (Wildman–Crippen MR) is 113 cm³/mol. The van der Waals surface area contributed by atoms with Crippen LogP contribution in [-0.2, 0) is 24.8 Å². The van der Waals surface area contributed by atoms with Crippen molar-refractivity contribution in [3.05, 3.63) is 53.1 Å². The molecule has 0 aliphatic carbocycles.